The Morgan fingerprint density at radius 3 is 2.50 bits per heavy atom. The van der Waals surface area contributed by atoms with Gasteiger partial charge in [0.15, 0.2) is 0 Å². The molecule has 1 heterocycles. The number of aryl methyl sites for hydroxylation is 2. The maximum Gasteiger partial charge on any atom is 0.129 e. The molecule has 0 radical (unpaired) electrons. The molecule has 0 spiro atoms. The first-order chi connectivity index (χ1) is 5.81. The molecule has 2 nitrogen and oxygen atoms in total. The van der Waals surface area contributed by atoms with Crippen molar-refractivity contribution in [1.29, 1.82) is 0 Å². The Hall–Kier alpha value is -1.05. The Balaban J connectivity index is 3.02. The number of aromatic nitrogens is 1. The highest BCUT2D eigenvalue weighted by molar-refractivity contribution is 5.44. The van der Waals surface area contributed by atoms with Crippen molar-refractivity contribution in [2.24, 2.45) is 0 Å². The highest BCUT2D eigenvalue weighted by Crippen LogP contribution is 2.13. The van der Waals surface area contributed by atoms with E-state index in [0.29, 0.717) is 0 Å². The molecule has 1 aromatic rings. The van der Waals surface area contributed by atoms with E-state index in [4.69, 9.17) is 0 Å². The van der Waals surface area contributed by atoms with Crippen molar-refractivity contribution in [1.82, 2.24) is 4.98 Å². The second-order valence-electron chi connectivity index (χ2n) is 2.77. The van der Waals surface area contributed by atoms with Crippen LogP contribution in [0.15, 0.2) is 12.1 Å². The lowest BCUT2D eigenvalue weighted by Gasteiger charge is -2.07. The molecule has 0 atom stereocenters. The number of nitrogens with one attached hydrogen (secondary N) is 1. The Labute approximate surface area is 74.0 Å². The number of pyridine rings is 1. The van der Waals surface area contributed by atoms with Crippen LogP contribution in [0.1, 0.15) is 25.1 Å². The van der Waals surface area contributed by atoms with Gasteiger partial charge in [-0.3, -0.25) is 0 Å². The normalized spacial score (nSPS) is 9.92. The Morgan fingerprint density at radius 1 is 1.25 bits per heavy atom. The van der Waals surface area contributed by atoms with E-state index >= 15 is 0 Å². The molecule has 2 heteroatoms. The summed E-state index contributed by atoms with van der Waals surface area (Å²) in [6.45, 7) is 4.26. The SMILES string of the molecule is CCc1ccc(CC)c(NC)n1. The molecular weight excluding hydrogens is 148 g/mol. The van der Waals surface area contributed by atoms with E-state index in [1.54, 1.807) is 0 Å². The van der Waals surface area contributed by atoms with Gasteiger partial charge in [-0.1, -0.05) is 19.9 Å². The number of rotatable bonds is 3. The lowest BCUT2D eigenvalue weighted by molar-refractivity contribution is 1.01. The third-order valence-corrected chi connectivity index (χ3v) is 2.02. The molecule has 0 aliphatic heterocycles. The molecule has 0 bridgehead atoms. The van der Waals surface area contributed by atoms with Gasteiger partial charge in [-0.05, 0) is 24.5 Å². The first-order valence-electron chi connectivity index (χ1n) is 4.48. The van der Waals surface area contributed by atoms with Crippen LogP contribution < -0.4 is 5.32 Å². The molecule has 1 rings (SSSR count). The highest BCUT2D eigenvalue weighted by atomic mass is 15.0. The number of hydrogen-bond acceptors (Lipinski definition) is 2. The van der Waals surface area contributed by atoms with E-state index in [1.165, 1.54) is 5.56 Å². The topological polar surface area (TPSA) is 24.9 Å². The molecule has 1 aromatic heterocycles. The van der Waals surface area contributed by atoms with Gasteiger partial charge in [0.1, 0.15) is 5.82 Å². The molecule has 0 saturated heterocycles. The molecule has 0 unspecified atom stereocenters. The molecule has 0 aromatic carbocycles. The minimum Gasteiger partial charge on any atom is -0.373 e. The smallest absolute Gasteiger partial charge is 0.129 e. The summed E-state index contributed by atoms with van der Waals surface area (Å²) in [6.07, 6.45) is 2.03. The van der Waals surface area contributed by atoms with Crippen molar-refractivity contribution in [3.05, 3.63) is 23.4 Å². The van der Waals surface area contributed by atoms with E-state index in [-0.39, 0.29) is 0 Å². The van der Waals surface area contributed by atoms with Gasteiger partial charge in [0.25, 0.3) is 0 Å². The Kier molecular flexibility index (Phi) is 3.09. The summed E-state index contributed by atoms with van der Waals surface area (Å²) >= 11 is 0. The minimum atomic E-state index is 0.999. The molecule has 0 fully saturated rings. The van der Waals surface area contributed by atoms with Gasteiger partial charge >= 0.3 is 0 Å². The molecule has 0 saturated carbocycles. The second kappa shape index (κ2) is 4.10. The van der Waals surface area contributed by atoms with Gasteiger partial charge < -0.3 is 5.32 Å². The average molecular weight is 164 g/mol. The van der Waals surface area contributed by atoms with Crippen LogP contribution in [-0.4, -0.2) is 12.0 Å². The van der Waals surface area contributed by atoms with Gasteiger partial charge in [-0.25, -0.2) is 4.98 Å². The third kappa shape index (κ3) is 1.76. The van der Waals surface area contributed by atoms with Crippen LogP contribution in [0.5, 0.6) is 0 Å². The lowest BCUT2D eigenvalue weighted by atomic mass is 10.1. The fourth-order valence-corrected chi connectivity index (χ4v) is 1.23. The predicted molar refractivity (Wildman–Crippen MR) is 52.5 cm³/mol. The quantitative estimate of drug-likeness (QED) is 0.741. The van der Waals surface area contributed by atoms with E-state index < -0.39 is 0 Å². The van der Waals surface area contributed by atoms with Gasteiger partial charge in [-0.2, -0.15) is 0 Å². The van der Waals surface area contributed by atoms with Crippen LogP contribution in [0.3, 0.4) is 0 Å². The lowest BCUT2D eigenvalue weighted by Crippen LogP contribution is -2.00. The maximum absolute atomic E-state index is 4.47. The third-order valence-electron chi connectivity index (χ3n) is 2.02. The molecule has 0 aliphatic carbocycles. The van der Waals surface area contributed by atoms with E-state index in [9.17, 15) is 0 Å². The number of nitrogens with zero attached hydrogens (tertiary/aromatic N) is 1. The van der Waals surface area contributed by atoms with Crippen molar-refractivity contribution >= 4 is 5.82 Å². The standard InChI is InChI=1S/C10H16N2/c1-4-8-6-7-9(5-2)12-10(8)11-3/h6-7H,4-5H2,1-3H3,(H,11,12). The summed E-state index contributed by atoms with van der Waals surface area (Å²) in [6, 6.07) is 4.25. The van der Waals surface area contributed by atoms with Crippen LogP contribution in [0.4, 0.5) is 5.82 Å². The van der Waals surface area contributed by atoms with Crippen LogP contribution in [0.2, 0.25) is 0 Å². The highest BCUT2D eigenvalue weighted by Gasteiger charge is 2.00. The summed E-state index contributed by atoms with van der Waals surface area (Å²) in [5.74, 6) is 1.02. The fraction of sp³-hybridized carbons (Fsp3) is 0.500. The Morgan fingerprint density at radius 2 is 2.00 bits per heavy atom. The van der Waals surface area contributed by atoms with Crippen LogP contribution in [0.25, 0.3) is 0 Å². The van der Waals surface area contributed by atoms with E-state index in [1.807, 2.05) is 7.05 Å². The first-order valence-corrected chi connectivity index (χ1v) is 4.48. The van der Waals surface area contributed by atoms with Gasteiger partial charge in [0.05, 0.1) is 0 Å². The Bertz CT molecular complexity index is 256. The summed E-state index contributed by atoms with van der Waals surface area (Å²) in [7, 11) is 1.92. The van der Waals surface area contributed by atoms with Crippen molar-refractivity contribution in [3.63, 3.8) is 0 Å². The number of hydrogen-bond donors (Lipinski definition) is 1. The summed E-state index contributed by atoms with van der Waals surface area (Å²) in [5.41, 5.74) is 2.44. The zero-order chi connectivity index (χ0) is 8.97. The van der Waals surface area contributed by atoms with E-state index in [2.05, 4.69) is 36.3 Å². The monoisotopic (exact) mass is 164 g/mol. The zero-order valence-electron chi connectivity index (χ0n) is 8.02. The van der Waals surface area contributed by atoms with Crippen LogP contribution in [0, 0.1) is 0 Å². The van der Waals surface area contributed by atoms with Gasteiger partial charge in [-0.15, -0.1) is 0 Å². The molecule has 0 aliphatic rings. The largest absolute Gasteiger partial charge is 0.373 e. The summed E-state index contributed by atoms with van der Waals surface area (Å²) in [4.78, 5) is 4.47. The van der Waals surface area contributed by atoms with Crippen molar-refractivity contribution in [3.8, 4) is 0 Å². The fourth-order valence-electron chi connectivity index (χ4n) is 1.23. The summed E-state index contributed by atoms with van der Waals surface area (Å²) < 4.78 is 0. The molecule has 0 amide bonds. The molecular formula is C10H16N2. The zero-order valence-corrected chi connectivity index (χ0v) is 8.02. The van der Waals surface area contributed by atoms with Crippen LogP contribution in [-0.2, 0) is 12.8 Å². The average Bonchev–Trinajstić information content (AvgIpc) is 2.16. The minimum absolute atomic E-state index is 0.999. The van der Waals surface area contributed by atoms with Crippen molar-refractivity contribution < 1.29 is 0 Å². The molecule has 66 valence electrons. The van der Waals surface area contributed by atoms with Crippen molar-refractivity contribution in [2.75, 3.05) is 12.4 Å². The predicted octanol–water partition coefficient (Wildman–Crippen LogP) is 2.25. The number of anilines is 1. The first kappa shape index (κ1) is 9.04. The van der Waals surface area contributed by atoms with Gasteiger partial charge in [0, 0.05) is 12.7 Å². The second-order valence-corrected chi connectivity index (χ2v) is 2.77. The van der Waals surface area contributed by atoms with Gasteiger partial charge in [0.2, 0.25) is 0 Å². The van der Waals surface area contributed by atoms with Crippen LogP contribution >= 0.6 is 0 Å². The van der Waals surface area contributed by atoms with Crippen molar-refractivity contribution in [2.45, 2.75) is 26.7 Å². The van der Waals surface area contributed by atoms with E-state index in [0.717, 1.165) is 24.4 Å². The summed E-state index contributed by atoms with van der Waals surface area (Å²) in [5, 5.41) is 3.11. The molecule has 12 heavy (non-hydrogen) atoms. The maximum atomic E-state index is 4.47. The molecule has 1 N–H and O–H groups in total.